The van der Waals surface area contributed by atoms with Crippen molar-refractivity contribution >= 4 is 49.1 Å². The molecule has 40 valence electrons. The maximum absolute atomic E-state index is 10.2. The van der Waals surface area contributed by atoms with Gasteiger partial charge in [-0.1, -0.05) is 0 Å². The first kappa shape index (κ1) is 6.14. The van der Waals surface area contributed by atoms with E-state index in [0.29, 0.717) is 0 Å². The van der Waals surface area contributed by atoms with Gasteiger partial charge in [-0.15, -0.1) is 0 Å². The van der Waals surface area contributed by atoms with Crippen LogP contribution in [0.25, 0.3) is 0 Å². The molecule has 1 aliphatic rings. The molecule has 0 saturated carbocycles. The lowest BCUT2D eigenvalue weighted by Gasteiger charge is -1.87. The predicted molar refractivity (Wildman–Crippen MR) is 40.3 cm³/mol. The molecule has 0 fully saturated rings. The molecule has 0 bridgehead atoms. The molecule has 0 aromatic rings. The van der Waals surface area contributed by atoms with Crippen molar-refractivity contribution in [2.24, 2.45) is 4.40 Å². The second-order valence-corrected chi connectivity index (χ2v) is 4.47. The summed E-state index contributed by atoms with van der Waals surface area (Å²) in [7, 11) is 0. The minimum atomic E-state index is -1.16. The van der Waals surface area contributed by atoms with Crippen LogP contribution in [-0.4, -0.2) is 7.60 Å². The number of hydrogen-bond acceptors (Lipinski definition) is 4. The molecule has 7 heavy (non-hydrogen) atoms. The van der Waals surface area contributed by atoms with E-state index in [0.717, 1.165) is 3.05 Å². The van der Waals surface area contributed by atoms with E-state index >= 15 is 0 Å². The maximum atomic E-state index is 10.2. The lowest BCUT2D eigenvalue weighted by molar-refractivity contribution is 0.596. The van der Waals surface area contributed by atoms with Gasteiger partial charge in [-0.2, -0.15) is 0 Å². The summed E-state index contributed by atoms with van der Waals surface area (Å²) in [5.41, 5.74) is 0. The van der Waals surface area contributed by atoms with Crippen LogP contribution in [0.1, 0.15) is 0 Å². The first-order chi connectivity index (χ1) is 3.29. The van der Waals surface area contributed by atoms with Gasteiger partial charge < -0.3 is 4.55 Å². The molecular formula is CHIN2OS2. The van der Waals surface area contributed by atoms with Crippen LogP contribution in [0.2, 0.25) is 0 Å². The zero-order chi connectivity index (χ0) is 5.28. The highest BCUT2D eigenvalue weighted by Gasteiger charge is 2.16. The van der Waals surface area contributed by atoms with Crippen LogP contribution in [0.5, 0.6) is 0 Å². The number of nitrogens with zero attached hydrogens (tertiary/aromatic N) is 1. The highest BCUT2D eigenvalue weighted by Crippen LogP contribution is 2.16. The molecule has 6 heteroatoms. The third-order valence-corrected chi connectivity index (χ3v) is 3.21. The molecule has 0 spiro atoms. The molecule has 1 unspecified atom stereocenters. The van der Waals surface area contributed by atoms with E-state index in [4.69, 9.17) is 0 Å². The summed E-state index contributed by atoms with van der Waals surface area (Å²) >= 11 is 2.14. The largest absolute Gasteiger partial charge is 0.571 e. The van der Waals surface area contributed by atoms with Crippen molar-refractivity contribution in [3.63, 3.8) is 0 Å². The van der Waals surface area contributed by atoms with Crippen molar-refractivity contribution in [1.29, 1.82) is 0 Å². The molecule has 0 aromatic heterocycles. The van der Waals surface area contributed by atoms with Gasteiger partial charge in [0.1, 0.15) is 0 Å². The van der Waals surface area contributed by atoms with Crippen LogP contribution in [-0.2, 0) is 11.5 Å². The van der Waals surface area contributed by atoms with Crippen LogP contribution in [0.4, 0.5) is 0 Å². The van der Waals surface area contributed by atoms with E-state index in [-0.39, 0.29) is 0 Å². The monoisotopic (exact) mass is 248 g/mol. The average Bonchev–Trinajstić information content (AvgIpc) is 1.87. The summed E-state index contributed by atoms with van der Waals surface area (Å²) in [5.74, 6) is 0. The van der Waals surface area contributed by atoms with Gasteiger partial charge in [0.15, 0.2) is 0 Å². The second kappa shape index (κ2) is 2.53. The lowest BCUT2D eigenvalue weighted by Crippen LogP contribution is -2.06. The Morgan fingerprint density at radius 1 is 2.00 bits per heavy atom. The molecule has 3 nitrogen and oxygen atoms in total. The molecule has 0 saturated heterocycles. The SMILES string of the molecule is [O-][S+]1N=C(I)SN1. The fourth-order valence-corrected chi connectivity index (χ4v) is 2.71. The van der Waals surface area contributed by atoms with E-state index < -0.39 is 11.5 Å². The molecular weight excluding hydrogens is 247 g/mol. The molecule has 0 aliphatic carbocycles. The van der Waals surface area contributed by atoms with Gasteiger partial charge in [0.2, 0.25) is 14.6 Å². The highest BCUT2D eigenvalue weighted by atomic mass is 127. The van der Waals surface area contributed by atoms with Crippen molar-refractivity contribution < 1.29 is 4.55 Å². The highest BCUT2D eigenvalue weighted by molar-refractivity contribution is 14.1. The Morgan fingerprint density at radius 3 is 2.86 bits per heavy atom. The number of nitrogens with one attached hydrogen (secondary N) is 1. The molecule has 1 atom stereocenters. The van der Waals surface area contributed by atoms with Crippen LogP contribution in [0, 0.1) is 0 Å². The van der Waals surface area contributed by atoms with Gasteiger partial charge in [0.05, 0.1) is 0 Å². The van der Waals surface area contributed by atoms with E-state index in [1.165, 1.54) is 11.9 Å². The Hall–Kier alpha value is 1.02. The van der Waals surface area contributed by atoms with Crippen molar-refractivity contribution in [1.82, 2.24) is 4.13 Å². The fraction of sp³-hybridized carbons (Fsp3) is 0. The van der Waals surface area contributed by atoms with Gasteiger partial charge in [-0.05, 0) is 31.1 Å². The number of hydrogen-bond donors (Lipinski definition) is 1. The van der Waals surface area contributed by atoms with Crippen molar-refractivity contribution in [2.75, 3.05) is 0 Å². The Bertz CT molecular complexity index is 106. The second-order valence-electron chi connectivity index (χ2n) is 0.779. The molecule has 1 aliphatic heterocycles. The van der Waals surface area contributed by atoms with Crippen LogP contribution >= 0.6 is 34.5 Å². The van der Waals surface area contributed by atoms with Gasteiger partial charge in [0, 0.05) is 11.9 Å². The first-order valence-corrected chi connectivity index (χ1v) is 4.38. The standard InChI is InChI=1S/CHIN2OS2/c2-1-3-7(5)4-6-1/h4H. The summed E-state index contributed by atoms with van der Waals surface area (Å²) in [4.78, 5) is 0. The van der Waals surface area contributed by atoms with E-state index in [2.05, 4.69) is 8.53 Å². The molecule has 1 heterocycles. The zero-order valence-corrected chi connectivity index (χ0v) is 6.84. The third-order valence-electron chi connectivity index (χ3n) is 0.352. The summed E-state index contributed by atoms with van der Waals surface area (Å²) in [6, 6.07) is 0. The maximum Gasteiger partial charge on any atom is 0.206 e. The normalized spacial score (nSPS) is 30.6. The van der Waals surface area contributed by atoms with Crippen molar-refractivity contribution in [2.45, 2.75) is 0 Å². The Kier molecular flexibility index (Phi) is 2.22. The van der Waals surface area contributed by atoms with Crippen LogP contribution in [0.15, 0.2) is 4.40 Å². The minimum absolute atomic E-state index is 0.802. The van der Waals surface area contributed by atoms with Crippen molar-refractivity contribution in [3.8, 4) is 0 Å². The predicted octanol–water partition coefficient (Wildman–Crippen LogP) is 0.607. The average molecular weight is 248 g/mol. The van der Waals surface area contributed by atoms with Gasteiger partial charge >= 0.3 is 0 Å². The van der Waals surface area contributed by atoms with Crippen LogP contribution < -0.4 is 4.13 Å². The summed E-state index contributed by atoms with van der Waals surface area (Å²) in [6.45, 7) is 0. The summed E-state index contributed by atoms with van der Waals surface area (Å²) < 4.78 is 17.2. The number of rotatable bonds is 0. The zero-order valence-electron chi connectivity index (χ0n) is 3.05. The van der Waals surface area contributed by atoms with Crippen LogP contribution in [0.3, 0.4) is 0 Å². The lowest BCUT2D eigenvalue weighted by atomic mass is 11.7. The van der Waals surface area contributed by atoms with Gasteiger partial charge in [-0.25, -0.2) is 0 Å². The van der Waals surface area contributed by atoms with E-state index in [1.807, 2.05) is 22.6 Å². The van der Waals surface area contributed by atoms with Gasteiger partial charge in [-0.3, -0.25) is 0 Å². The summed E-state index contributed by atoms with van der Waals surface area (Å²) in [5, 5.41) is 0. The van der Waals surface area contributed by atoms with Crippen molar-refractivity contribution in [3.05, 3.63) is 0 Å². The molecule has 1 N–H and O–H groups in total. The Balaban J connectivity index is 2.50. The first-order valence-electron chi connectivity index (χ1n) is 1.37. The third kappa shape index (κ3) is 1.76. The van der Waals surface area contributed by atoms with Gasteiger partial charge in [0.25, 0.3) is 0 Å². The fourth-order valence-electron chi connectivity index (χ4n) is 0.172. The topological polar surface area (TPSA) is 47.5 Å². The molecule has 0 radical (unpaired) electrons. The smallest absolute Gasteiger partial charge is 0.206 e. The minimum Gasteiger partial charge on any atom is -0.571 e. The molecule has 0 aromatic carbocycles. The number of halogens is 1. The van der Waals surface area contributed by atoms with E-state index in [1.54, 1.807) is 0 Å². The molecule has 0 amide bonds. The summed E-state index contributed by atoms with van der Waals surface area (Å²) in [6.07, 6.45) is 0. The molecule has 1 rings (SSSR count). The van der Waals surface area contributed by atoms with E-state index in [9.17, 15) is 4.55 Å². The Morgan fingerprint density at radius 2 is 2.71 bits per heavy atom. The Labute approximate surface area is 62.1 Å². The quantitative estimate of drug-likeness (QED) is 0.388.